The number of benzene rings is 1. The van der Waals surface area contributed by atoms with Gasteiger partial charge in [-0.25, -0.2) is 0 Å². The minimum absolute atomic E-state index is 0.112. The largest absolute Gasteiger partial charge is 0.396 e. The predicted octanol–water partition coefficient (Wildman–Crippen LogP) is 2.29. The Balaban J connectivity index is 1.66. The first kappa shape index (κ1) is 25.1. The van der Waals surface area contributed by atoms with Crippen molar-refractivity contribution in [3.63, 3.8) is 0 Å². The molecule has 3 fully saturated rings. The number of aliphatic hydroxyl groups is 1. The van der Waals surface area contributed by atoms with Gasteiger partial charge in [-0.05, 0) is 50.3 Å². The van der Waals surface area contributed by atoms with Gasteiger partial charge in [0, 0.05) is 30.7 Å². The van der Waals surface area contributed by atoms with Crippen molar-refractivity contribution >= 4 is 39.3 Å². The third-order valence-corrected chi connectivity index (χ3v) is 8.39. The number of carbonyl (C=O) groups excluding carboxylic acids is 3. The minimum Gasteiger partial charge on any atom is -0.396 e. The SMILES string of the molecule is CNC(=O)[C@H]1[C@@H]2OC3(CC2Br)C(C(=O)Nc2cc(C)ccc2C)N(CCCCCCO)C(=O)[C@H]13. The van der Waals surface area contributed by atoms with Gasteiger partial charge in [-0.1, -0.05) is 40.9 Å². The van der Waals surface area contributed by atoms with Crippen LogP contribution in [0.2, 0.25) is 0 Å². The number of aryl methyl sites for hydroxylation is 2. The van der Waals surface area contributed by atoms with Gasteiger partial charge in [-0.2, -0.15) is 0 Å². The molecule has 0 radical (unpaired) electrons. The van der Waals surface area contributed by atoms with Gasteiger partial charge in [-0.3, -0.25) is 14.4 Å². The summed E-state index contributed by atoms with van der Waals surface area (Å²) in [6.07, 6.45) is 3.18. The van der Waals surface area contributed by atoms with E-state index in [2.05, 4.69) is 26.6 Å². The summed E-state index contributed by atoms with van der Waals surface area (Å²) >= 11 is 3.66. The van der Waals surface area contributed by atoms with Crippen LogP contribution in [0.5, 0.6) is 0 Å². The molecule has 1 aromatic carbocycles. The summed E-state index contributed by atoms with van der Waals surface area (Å²) < 4.78 is 6.44. The number of aliphatic hydroxyl groups excluding tert-OH is 1. The van der Waals surface area contributed by atoms with Crippen LogP contribution in [-0.4, -0.2) is 70.5 Å². The molecule has 3 saturated heterocycles. The van der Waals surface area contributed by atoms with E-state index in [0.717, 1.165) is 24.0 Å². The number of halogens is 1. The summed E-state index contributed by atoms with van der Waals surface area (Å²) in [6, 6.07) is 5.05. The van der Waals surface area contributed by atoms with E-state index < -0.39 is 29.6 Å². The summed E-state index contributed by atoms with van der Waals surface area (Å²) in [5.74, 6) is -2.01. The summed E-state index contributed by atoms with van der Waals surface area (Å²) in [6.45, 7) is 4.45. The van der Waals surface area contributed by atoms with Crippen LogP contribution in [-0.2, 0) is 19.1 Å². The van der Waals surface area contributed by atoms with Gasteiger partial charge in [-0.15, -0.1) is 0 Å². The van der Waals surface area contributed by atoms with E-state index >= 15 is 0 Å². The van der Waals surface area contributed by atoms with Crippen molar-refractivity contribution in [2.24, 2.45) is 11.8 Å². The second kappa shape index (κ2) is 9.95. The van der Waals surface area contributed by atoms with Crippen LogP contribution < -0.4 is 10.6 Å². The van der Waals surface area contributed by atoms with Crippen molar-refractivity contribution in [1.82, 2.24) is 10.2 Å². The zero-order valence-corrected chi connectivity index (χ0v) is 21.6. The normalized spacial score (nSPS) is 31.6. The molecule has 8 nitrogen and oxygen atoms in total. The third-order valence-electron chi connectivity index (χ3n) is 7.54. The number of ether oxygens (including phenoxy) is 1. The molecule has 6 atom stereocenters. The van der Waals surface area contributed by atoms with Crippen LogP contribution in [0.4, 0.5) is 5.69 Å². The highest BCUT2D eigenvalue weighted by Gasteiger charge is 2.76. The number of hydrogen-bond acceptors (Lipinski definition) is 5. The monoisotopic (exact) mass is 535 g/mol. The van der Waals surface area contributed by atoms with Crippen LogP contribution in [0.3, 0.4) is 0 Å². The van der Waals surface area contributed by atoms with Crippen LogP contribution in [0.1, 0.15) is 43.2 Å². The molecule has 3 amide bonds. The van der Waals surface area contributed by atoms with Crippen molar-refractivity contribution in [3.8, 4) is 0 Å². The van der Waals surface area contributed by atoms with Gasteiger partial charge in [0.15, 0.2) is 0 Å². The van der Waals surface area contributed by atoms with Crippen LogP contribution in [0, 0.1) is 25.7 Å². The molecule has 4 rings (SSSR count). The molecule has 3 N–H and O–H groups in total. The standard InChI is InChI=1S/C25H34BrN3O5/c1-14-8-9-15(2)17(12-14)28-23(32)21-25-13-16(26)20(34-25)18(22(31)27-3)19(25)24(33)29(21)10-6-4-5-7-11-30/h8-9,12,16,18-21,30H,4-7,10-11,13H2,1-3H3,(H,27,31)(H,28,32)/t16?,18-,19+,20-,21?,25?/m1/s1. The Hall–Kier alpha value is -1.97. The topological polar surface area (TPSA) is 108 Å². The molecular formula is C25H34BrN3O5. The Morgan fingerprint density at radius 3 is 2.65 bits per heavy atom. The van der Waals surface area contributed by atoms with Crippen LogP contribution >= 0.6 is 15.9 Å². The number of nitrogens with zero attached hydrogens (tertiary/aromatic N) is 1. The van der Waals surface area contributed by atoms with Gasteiger partial charge >= 0.3 is 0 Å². The average Bonchev–Trinajstić information content (AvgIpc) is 3.39. The molecule has 34 heavy (non-hydrogen) atoms. The van der Waals surface area contributed by atoms with Gasteiger partial charge in [0.25, 0.3) is 0 Å². The molecule has 3 unspecified atom stereocenters. The molecule has 0 aromatic heterocycles. The smallest absolute Gasteiger partial charge is 0.250 e. The van der Waals surface area contributed by atoms with Crippen molar-refractivity contribution in [2.45, 2.75) is 68.5 Å². The molecule has 0 aliphatic carbocycles. The lowest BCUT2D eigenvalue weighted by atomic mass is 9.70. The van der Waals surface area contributed by atoms with E-state index in [1.165, 1.54) is 0 Å². The number of rotatable bonds is 9. The van der Waals surface area contributed by atoms with Gasteiger partial charge in [0.2, 0.25) is 17.7 Å². The maximum absolute atomic E-state index is 13.8. The lowest BCUT2D eigenvalue weighted by molar-refractivity contribution is -0.140. The number of likely N-dealkylation sites (tertiary alicyclic amines) is 1. The third kappa shape index (κ3) is 4.16. The molecule has 3 heterocycles. The minimum atomic E-state index is -1.04. The first-order valence-electron chi connectivity index (χ1n) is 12.1. The van der Waals surface area contributed by atoms with Crippen molar-refractivity contribution < 1.29 is 24.2 Å². The van der Waals surface area contributed by atoms with Gasteiger partial charge < -0.3 is 25.4 Å². The summed E-state index contributed by atoms with van der Waals surface area (Å²) in [5.41, 5.74) is 1.63. The first-order valence-corrected chi connectivity index (χ1v) is 13.0. The number of alkyl halides is 1. The number of unbranched alkanes of at least 4 members (excludes halogenated alkanes) is 3. The van der Waals surface area contributed by atoms with Crippen LogP contribution in [0.15, 0.2) is 18.2 Å². The molecule has 1 spiro atoms. The van der Waals surface area contributed by atoms with Crippen molar-refractivity contribution in [1.29, 1.82) is 0 Å². The number of carbonyl (C=O) groups is 3. The molecule has 186 valence electrons. The van der Waals surface area contributed by atoms with E-state index in [-0.39, 0.29) is 29.2 Å². The fourth-order valence-corrected chi connectivity index (χ4v) is 6.90. The lowest BCUT2D eigenvalue weighted by Crippen LogP contribution is -2.54. The Labute approximate surface area is 208 Å². The second-order valence-electron chi connectivity index (χ2n) is 9.75. The number of fused-ring (bicyclic) bond motifs is 1. The first-order chi connectivity index (χ1) is 16.2. The van der Waals surface area contributed by atoms with Gasteiger partial charge in [0.1, 0.15) is 11.6 Å². The molecule has 3 aliphatic heterocycles. The molecule has 0 saturated carbocycles. The highest BCUT2D eigenvalue weighted by atomic mass is 79.9. The lowest BCUT2D eigenvalue weighted by Gasteiger charge is -2.34. The fraction of sp³-hybridized carbons (Fsp3) is 0.640. The summed E-state index contributed by atoms with van der Waals surface area (Å²) in [7, 11) is 1.56. The Morgan fingerprint density at radius 1 is 1.21 bits per heavy atom. The van der Waals surface area contributed by atoms with E-state index in [1.54, 1.807) is 11.9 Å². The highest BCUT2D eigenvalue weighted by Crippen LogP contribution is 2.60. The molecular weight excluding hydrogens is 502 g/mol. The predicted molar refractivity (Wildman–Crippen MR) is 132 cm³/mol. The van der Waals surface area contributed by atoms with Crippen molar-refractivity contribution in [3.05, 3.63) is 29.3 Å². The second-order valence-corrected chi connectivity index (χ2v) is 10.9. The number of anilines is 1. The quantitative estimate of drug-likeness (QED) is 0.332. The molecule has 9 heteroatoms. The zero-order chi connectivity index (χ0) is 24.6. The summed E-state index contributed by atoms with van der Waals surface area (Å²) in [5, 5.41) is 14.8. The molecule has 3 aliphatic rings. The van der Waals surface area contributed by atoms with Gasteiger partial charge in [0.05, 0.1) is 17.9 Å². The van der Waals surface area contributed by atoms with E-state index in [9.17, 15) is 14.4 Å². The number of amides is 3. The maximum Gasteiger partial charge on any atom is 0.250 e. The summed E-state index contributed by atoms with van der Waals surface area (Å²) in [4.78, 5) is 41.9. The van der Waals surface area contributed by atoms with Crippen molar-refractivity contribution in [2.75, 3.05) is 25.5 Å². The zero-order valence-electron chi connectivity index (χ0n) is 20.0. The fourth-order valence-electron chi connectivity index (χ4n) is 5.96. The maximum atomic E-state index is 13.8. The van der Waals surface area contributed by atoms with E-state index in [1.807, 2.05) is 32.0 Å². The Bertz CT molecular complexity index is 972. The Morgan fingerprint density at radius 2 is 1.94 bits per heavy atom. The highest BCUT2D eigenvalue weighted by molar-refractivity contribution is 9.09. The molecule has 2 bridgehead atoms. The van der Waals surface area contributed by atoms with E-state index in [4.69, 9.17) is 9.84 Å². The Kier molecular flexibility index (Phi) is 7.36. The van der Waals surface area contributed by atoms with Crippen LogP contribution in [0.25, 0.3) is 0 Å². The molecule has 1 aromatic rings. The number of hydrogen-bond donors (Lipinski definition) is 3. The average molecular weight is 536 g/mol. The number of nitrogens with one attached hydrogen (secondary N) is 2. The van der Waals surface area contributed by atoms with E-state index in [0.29, 0.717) is 31.5 Å².